The average molecular weight is 334 g/mol. The highest BCUT2D eigenvalue weighted by Gasteiger charge is 2.38. The lowest BCUT2D eigenvalue weighted by Crippen LogP contribution is -2.54. The normalized spacial score (nSPS) is 28.3. The van der Waals surface area contributed by atoms with Crippen LogP contribution in [0.25, 0.3) is 0 Å². The molecule has 0 aromatic rings. The second kappa shape index (κ2) is 6.43. The summed E-state index contributed by atoms with van der Waals surface area (Å²) in [4.78, 5) is 10.9. The number of aliphatic carboxylic acids is 1. The first kappa shape index (κ1) is 17.7. The predicted octanol–water partition coefficient (Wildman–Crippen LogP) is 0.964. The summed E-state index contributed by atoms with van der Waals surface area (Å²) in [7, 11) is -3.52. The Morgan fingerprint density at radius 3 is 2.23 bits per heavy atom. The van der Waals surface area contributed by atoms with E-state index in [4.69, 9.17) is 9.84 Å². The van der Waals surface area contributed by atoms with Crippen molar-refractivity contribution in [1.82, 2.24) is 9.03 Å². The van der Waals surface area contributed by atoms with Crippen LogP contribution in [-0.2, 0) is 19.7 Å². The van der Waals surface area contributed by atoms with E-state index in [9.17, 15) is 13.2 Å². The zero-order valence-corrected chi connectivity index (χ0v) is 14.2. The summed E-state index contributed by atoms with van der Waals surface area (Å²) in [5.74, 6) is -1.27. The molecule has 1 aliphatic heterocycles. The molecule has 8 heteroatoms. The van der Waals surface area contributed by atoms with Crippen LogP contribution in [-0.4, -0.2) is 54.6 Å². The van der Waals surface area contributed by atoms with E-state index in [0.717, 1.165) is 0 Å². The highest BCUT2D eigenvalue weighted by molar-refractivity contribution is 7.87. The zero-order chi connectivity index (χ0) is 16.5. The molecule has 1 saturated heterocycles. The molecule has 1 saturated carbocycles. The smallest absolute Gasteiger partial charge is 0.306 e. The van der Waals surface area contributed by atoms with Crippen molar-refractivity contribution in [3.05, 3.63) is 0 Å². The van der Waals surface area contributed by atoms with Gasteiger partial charge in [0.05, 0.1) is 17.6 Å². The third-order valence-corrected chi connectivity index (χ3v) is 5.75. The summed E-state index contributed by atoms with van der Waals surface area (Å²) in [6, 6.07) is -0.0884. The maximum atomic E-state index is 12.3. The van der Waals surface area contributed by atoms with Crippen molar-refractivity contribution in [3.63, 3.8) is 0 Å². The van der Waals surface area contributed by atoms with Crippen molar-refractivity contribution in [2.75, 3.05) is 13.1 Å². The lowest BCUT2D eigenvalue weighted by atomic mass is 9.89. The quantitative estimate of drug-likeness (QED) is 0.781. The number of hydrogen-bond acceptors (Lipinski definition) is 4. The molecule has 2 aliphatic rings. The molecule has 22 heavy (non-hydrogen) atoms. The van der Waals surface area contributed by atoms with E-state index in [1.54, 1.807) is 0 Å². The Morgan fingerprint density at radius 2 is 1.77 bits per heavy atom. The van der Waals surface area contributed by atoms with Crippen LogP contribution in [0.1, 0.15) is 46.5 Å². The molecule has 0 amide bonds. The molecule has 2 rings (SSSR count). The molecule has 0 bridgehead atoms. The maximum Gasteiger partial charge on any atom is 0.306 e. The van der Waals surface area contributed by atoms with Crippen LogP contribution in [0.15, 0.2) is 0 Å². The van der Waals surface area contributed by atoms with E-state index in [2.05, 4.69) is 4.72 Å². The Kier molecular flexibility index (Phi) is 5.16. The molecule has 1 heterocycles. The molecular weight excluding hydrogens is 308 g/mol. The summed E-state index contributed by atoms with van der Waals surface area (Å²) in [6.07, 6.45) is 2.21. The second-order valence-corrected chi connectivity index (χ2v) is 8.86. The predicted molar refractivity (Wildman–Crippen MR) is 81.6 cm³/mol. The lowest BCUT2D eigenvalue weighted by molar-refractivity contribution is -0.143. The van der Waals surface area contributed by atoms with Gasteiger partial charge in [0, 0.05) is 19.1 Å². The minimum absolute atomic E-state index is 0.0884. The van der Waals surface area contributed by atoms with Crippen molar-refractivity contribution >= 4 is 16.2 Å². The van der Waals surface area contributed by atoms with E-state index >= 15 is 0 Å². The first-order valence-corrected chi connectivity index (χ1v) is 9.19. The molecular formula is C14H26N2O5S. The highest BCUT2D eigenvalue weighted by Crippen LogP contribution is 2.29. The lowest BCUT2D eigenvalue weighted by Gasteiger charge is -2.40. The van der Waals surface area contributed by atoms with Crippen molar-refractivity contribution in [3.8, 4) is 0 Å². The van der Waals surface area contributed by atoms with Crippen LogP contribution in [0, 0.1) is 5.92 Å². The first-order chi connectivity index (χ1) is 10.1. The standard InChI is InChI=1S/C14H26N2O5S/c1-14(2,3)21-12-8-11(9-12)15-22(19,20)16-6-4-10(5-7-16)13(17)18/h10-12,15H,4-9H2,1-3H3,(H,17,18). The molecule has 0 aromatic heterocycles. The fourth-order valence-electron chi connectivity index (χ4n) is 2.89. The molecule has 0 aromatic carbocycles. The molecule has 0 spiro atoms. The fourth-order valence-corrected chi connectivity index (χ4v) is 4.34. The molecule has 128 valence electrons. The molecule has 7 nitrogen and oxygen atoms in total. The maximum absolute atomic E-state index is 12.3. The number of piperidine rings is 1. The zero-order valence-electron chi connectivity index (χ0n) is 13.4. The highest BCUT2D eigenvalue weighted by atomic mass is 32.2. The molecule has 2 N–H and O–H groups in total. The van der Waals surface area contributed by atoms with Crippen LogP contribution in [0.4, 0.5) is 0 Å². The van der Waals surface area contributed by atoms with Gasteiger partial charge in [-0.05, 0) is 46.5 Å². The number of nitrogens with one attached hydrogen (secondary N) is 1. The third-order valence-electron chi connectivity index (χ3n) is 4.07. The molecule has 2 fully saturated rings. The van der Waals surface area contributed by atoms with Crippen LogP contribution in [0.2, 0.25) is 0 Å². The summed E-state index contributed by atoms with van der Waals surface area (Å²) in [5.41, 5.74) is -0.215. The monoisotopic (exact) mass is 334 g/mol. The number of rotatable bonds is 5. The van der Waals surface area contributed by atoms with Gasteiger partial charge in [-0.15, -0.1) is 0 Å². The molecule has 0 radical (unpaired) electrons. The van der Waals surface area contributed by atoms with Crippen LogP contribution < -0.4 is 4.72 Å². The van der Waals surface area contributed by atoms with Gasteiger partial charge in [-0.25, -0.2) is 0 Å². The van der Waals surface area contributed by atoms with Crippen LogP contribution in [0.3, 0.4) is 0 Å². The van der Waals surface area contributed by atoms with Gasteiger partial charge in [-0.1, -0.05) is 0 Å². The van der Waals surface area contributed by atoms with Gasteiger partial charge in [0.1, 0.15) is 0 Å². The largest absolute Gasteiger partial charge is 0.481 e. The van der Waals surface area contributed by atoms with E-state index in [1.165, 1.54) is 4.31 Å². The Hall–Kier alpha value is -0.700. The summed E-state index contributed by atoms with van der Waals surface area (Å²) in [6.45, 7) is 6.48. The van der Waals surface area contributed by atoms with Crippen molar-refractivity contribution in [2.45, 2.75) is 64.2 Å². The fraction of sp³-hybridized carbons (Fsp3) is 0.929. The third kappa shape index (κ3) is 4.65. The van der Waals surface area contributed by atoms with Crippen LogP contribution in [0.5, 0.6) is 0 Å². The summed E-state index contributed by atoms with van der Waals surface area (Å²) >= 11 is 0. The number of carbonyl (C=O) groups is 1. The van der Waals surface area contributed by atoms with Gasteiger partial charge in [0.2, 0.25) is 0 Å². The number of nitrogens with zero attached hydrogens (tertiary/aromatic N) is 1. The number of hydrogen-bond donors (Lipinski definition) is 2. The minimum Gasteiger partial charge on any atom is -0.481 e. The number of ether oxygens (including phenoxy) is 1. The van der Waals surface area contributed by atoms with Gasteiger partial charge >= 0.3 is 5.97 Å². The summed E-state index contributed by atoms with van der Waals surface area (Å²) < 4.78 is 34.4. The first-order valence-electron chi connectivity index (χ1n) is 7.75. The van der Waals surface area contributed by atoms with Gasteiger partial charge in [-0.2, -0.15) is 17.4 Å². The Balaban J connectivity index is 1.78. The van der Waals surface area contributed by atoms with E-state index in [0.29, 0.717) is 25.7 Å². The van der Waals surface area contributed by atoms with Crippen molar-refractivity contribution in [1.29, 1.82) is 0 Å². The van der Waals surface area contributed by atoms with E-state index in [-0.39, 0.29) is 30.8 Å². The van der Waals surface area contributed by atoms with Gasteiger partial charge in [-0.3, -0.25) is 4.79 Å². The van der Waals surface area contributed by atoms with Gasteiger partial charge < -0.3 is 9.84 Å². The topological polar surface area (TPSA) is 95.9 Å². The molecule has 1 aliphatic carbocycles. The number of carboxylic acid groups (broad SMARTS) is 1. The Morgan fingerprint density at radius 1 is 1.23 bits per heavy atom. The van der Waals surface area contributed by atoms with Gasteiger partial charge in [0.25, 0.3) is 10.2 Å². The van der Waals surface area contributed by atoms with Gasteiger partial charge in [0.15, 0.2) is 0 Å². The number of carboxylic acids is 1. The Bertz CT molecular complexity index is 500. The molecule has 0 unspecified atom stereocenters. The minimum atomic E-state index is -3.52. The second-order valence-electron chi connectivity index (χ2n) is 7.16. The van der Waals surface area contributed by atoms with Crippen molar-refractivity contribution in [2.24, 2.45) is 5.92 Å². The Labute approximate surface area is 132 Å². The SMILES string of the molecule is CC(C)(C)OC1CC(NS(=O)(=O)N2CCC(C(=O)O)CC2)C1. The summed E-state index contributed by atoms with van der Waals surface area (Å²) in [5, 5.41) is 8.94. The van der Waals surface area contributed by atoms with E-state index in [1.807, 2.05) is 20.8 Å². The average Bonchev–Trinajstić information content (AvgIpc) is 2.34. The van der Waals surface area contributed by atoms with Crippen molar-refractivity contribution < 1.29 is 23.1 Å². The van der Waals surface area contributed by atoms with Crippen LogP contribution >= 0.6 is 0 Å². The molecule has 0 atom stereocenters. The van der Waals surface area contributed by atoms with E-state index < -0.39 is 22.1 Å².